The number of thiol groups is 1. The van der Waals surface area contributed by atoms with E-state index in [-0.39, 0.29) is 0 Å². The zero-order valence-corrected chi connectivity index (χ0v) is 13.1. The molecule has 1 aromatic carbocycles. The molecule has 0 unspecified atom stereocenters. The third kappa shape index (κ3) is 3.74. The van der Waals surface area contributed by atoms with Crippen molar-refractivity contribution in [3.8, 4) is 5.75 Å². The largest absolute Gasteiger partial charge is 0.497 e. The van der Waals surface area contributed by atoms with Crippen LogP contribution in [0.2, 0.25) is 0 Å². The summed E-state index contributed by atoms with van der Waals surface area (Å²) in [6.45, 7) is 2.19. The molecule has 0 aliphatic heterocycles. The van der Waals surface area contributed by atoms with E-state index in [1.807, 2.05) is 12.1 Å². The van der Waals surface area contributed by atoms with E-state index in [0.717, 1.165) is 30.8 Å². The molecular formula is C15H19NOS2. The van der Waals surface area contributed by atoms with Crippen LogP contribution in [0, 0.1) is 0 Å². The van der Waals surface area contributed by atoms with Gasteiger partial charge >= 0.3 is 0 Å². The fraction of sp³-hybridized carbons (Fsp3) is 0.400. The monoisotopic (exact) mass is 293 g/mol. The van der Waals surface area contributed by atoms with Crippen LogP contribution in [0.4, 0.5) is 0 Å². The fourth-order valence-corrected chi connectivity index (χ4v) is 3.37. The highest BCUT2D eigenvalue weighted by molar-refractivity contribution is 7.79. The molecule has 0 fully saturated rings. The summed E-state index contributed by atoms with van der Waals surface area (Å²) in [5.74, 6) is 1.68. The maximum atomic E-state index is 5.17. The average molecular weight is 293 g/mol. The lowest BCUT2D eigenvalue weighted by Crippen LogP contribution is -1.91. The average Bonchev–Trinajstić information content (AvgIpc) is 2.82. The first-order valence-electron chi connectivity index (χ1n) is 6.48. The molecule has 0 aliphatic rings. The van der Waals surface area contributed by atoms with Crippen LogP contribution in [-0.4, -0.2) is 12.1 Å². The standard InChI is InChI=1S/C15H19NOS2/c1-3-4-13-14(10-18)19-15(16-13)9-11-5-7-12(17-2)8-6-11/h5-8,18H,3-4,9-10H2,1-2H3. The maximum absolute atomic E-state index is 5.17. The number of hydrogen-bond acceptors (Lipinski definition) is 4. The predicted molar refractivity (Wildman–Crippen MR) is 84.6 cm³/mol. The molecule has 2 rings (SSSR count). The Labute approximate surface area is 124 Å². The van der Waals surface area contributed by atoms with E-state index in [1.165, 1.54) is 21.1 Å². The summed E-state index contributed by atoms with van der Waals surface area (Å²) < 4.78 is 5.17. The molecule has 19 heavy (non-hydrogen) atoms. The topological polar surface area (TPSA) is 22.1 Å². The predicted octanol–water partition coefficient (Wildman–Crippen LogP) is 4.12. The molecule has 102 valence electrons. The van der Waals surface area contributed by atoms with E-state index < -0.39 is 0 Å². The Kier molecular flexibility index (Phi) is 5.28. The first kappa shape index (κ1) is 14.4. The first-order chi connectivity index (χ1) is 9.26. The molecule has 0 aliphatic carbocycles. The molecular weight excluding hydrogens is 274 g/mol. The molecule has 0 atom stereocenters. The van der Waals surface area contributed by atoms with Crippen LogP contribution >= 0.6 is 24.0 Å². The van der Waals surface area contributed by atoms with Gasteiger partial charge in [-0.25, -0.2) is 4.98 Å². The van der Waals surface area contributed by atoms with Crippen LogP contribution in [0.5, 0.6) is 5.75 Å². The second kappa shape index (κ2) is 6.96. The van der Waals surface area contributed by atoms with Gasteiger partial charge in [-0.3, -0.25) is 0 Å². The number of rotatable bonds is 6. The highest BCUT2D eigenvalue weighted by atomic mass is 32.1. The van der Waals surface area contributed by atoms with Gasteiger partial charge in [0.05, 0.1) is 17.8 Å². The van der Waals surface area contributed by atoms with E-state index in [2.05, 4.69) is 31.7 Å². The highest BCUT2D eigenvalue weighted by Gasteiger charge is 2.09. The molecule has 4 heteroatoms. The van der Waals surface area contributed by atoms with Gasteiger partial charge in [-0.1, -0.05) is 25.5 Å². The van der Waals surface area contributed by atoms with Gasteiger partial charge in [0.1, 0.15) is 5.75 Å². The molecule has 1 heterocycles. The molecule has 2 nitrogen and oxygen atoms in total. The molecule has 0 bridgehead atoms. The number of hydrogen-bond donors (Lipinski definition) is 1. The number of aromatic nitrogens is 1. The van der Waals surface area contributed by atoms with Crippen molar-refractivity contribution in [1.29, 1.82) is 0 Å². The molecule has 0 N–H and O–H groups in total. The van der Waals surface area contributed by atoms with Gasteiger partial charge in [0.25, 0.3) is 0 Å². The van der Waals surface area contributed by atoms with E-state index in [9.17, 15) is 0 Å². The van der Waals surface area contributed by atoms with E-state index in [4.69, 9.17) is 9.72 Å². The molecule has 0 radical (unpaired) electrons. The van der Waals surface area contributed by atoms with Crippen molar-refractivity contribution in [3.63, 3.8) is 0 Å². The molecule has 0 saturated heterocycles. The summed E-state index contributed by atoms with van der Waals surface area (Å²) in [6.07, 6.45) is 3.07. The number of ether oxygens (including phenoxy) is 1. The van der Waals surface area contributed by atoms with Gasteiger partial charge in [-0.05, 0) is 24.1 Å². The smallest absolute Gasteiger partial charge is 0.118 e. The van der Waals surface area contributed by atoms with Crippen molar-refractivity contribution in [2.45, 2.75) is 31.9 Å². The van der Waals surface area contributed by atoms with Crippen LogP contribution in [0.15, 0.2) is 24.3 Å². The molecule has 0 spiro atoms. The van der Waals surface area contributed by atoms with Crippen LogP contribution in [-0.2, 0) is 18.6 Å². The summed E-state index contributed by atoms with van der Waals surface area (Å²) >= 11 is 6.18. The summed E-state index contributed by atoms with van der Waals surface area (Å²) in [4.78, 5) is 6.06. The maximum Gasteiger partial charge on any atom is 0.118 e. The van der Waals surface area contributed by atoms with Crippen LogP contribution in [0.1, 0.15) is 34.5 Å². The van der Waals surface area contributed by atoms with Crippen molar-refractivity contribution >= 4 is 24.0 Å². The quantitative estimate of drug-likeness (QED) is 0.809. The minimum Gasteiger partial charge on any atom is -0.497 e. The second-order valence-corrected chi connectivity index (χ2v) is 5.89. The first-order valence-corrected chi connectivity index (χ1v) is 7.93. The Balaban J connectivity index is 2.13. The third-order valence-corrected chi connectivity index (χ3v) is 4.60. The fourth-order valence-electron chi connectivity index (χ4n) is 1.99. The third-order valence-electron chi connectivity index (χ3n) is 2.97. The van der Waals surface area contributed by atoms with E-state index >= 15 is 0 Å². The normalized spacial score (nSPS) is 10.7. The Morgan fingerprint density at radius 2 is 2.00 bits per heavy atom. The van der Waals surface area contributed by atoms with Crippen LogP contribution in [0.25, 0.3) is 0 Å². The lowest BCUT2D eigenvalue weighted by atomic mass is 10.1. The highest BCUT2D eigenvalue weighted by Crippen LogP contribution is 2.24. The summed E-state index contributed by atoms with van der Waals surface area (Å²) in [5, 5.41) is 1.18. The Morgan fingerprint density at radius 3 is 2.58 bits per heavy atom. The van der Waals surface area contributed by atoms with Crippen molar-refractivity contribution < 1.29 is 4.74 Å². The molecule has 0 saturated carbocycles. The minimum absolute atomic E-state index is 0.787. The van der Waals surface area contributed by atoms with Gasteiger partial charge in [-0.2, -0.15) is 12.6 Å². The van der Waals surface area contributed by atoms with Crippen molar-refractivity contribution in [1.82, 2.24) is 4.98 Å². The number of aryl methyl sites for hydroxylation is 1. The minimum atomic E-state index is 0.787. The van der Waals surface area contributed by atoms with Crippen molar-refractivity contribution in [2.24, 2.45) is 0 Å². The van der Waals surface area contributed by atoms with Crippen molar-refractivity contribution in [2.75, 3.05) is 7.11 Å². The van der Waals surface area contributed by atoms with E-state index in [1.54, 1.807) is 18.4 Å². The lowest BCUT2D eigenvalue weighted by molar-refractivity contribution is 0.414. The van der Waals surface area contributed by atoms with Gasteiger partial charge in [0.15, 0.2) is 0 Å². The lowest BCUT2D eigenvalue weighted by Gasteiger charge is -2.01. The number of benzene rings is 1. The van der Waals surface area contributed by atoms with Gasteiger partial charge in [0, 0.05) is 17.1 Å². The number of thiazole rings is 1. The Bertz CT molecular complexity index is 519. The van der Waals surface area contributed by atoms with E-state index in [0.29, 0.717) is 0 Å². The number of nitrogens with zero attached hydrogens (tertiary/aromatic N) is 1. The van der Waals surface area contributed by atoms with Crippen LogP contribution in [0.3, 0.4) is 0 Å². The van der Waals surface area contributed by atoms with Gasteiger partial charge in [0.2, 0.25) is 0 Å². The SMILES string of the molecule is CCCc1nc(Cc2ccc(OC)cc2)sc1CS. The summed E-state index contributed by atoms with van der Waals surface area (Å²) in [5.41, 5.74) is 2.49. The molecule has 2 aromatic rings. The number of methoxy groups -OCH3 is 1. The Hall–Kier alpha value is -1.00. The zero-order chi connectivity index (χ0) is 13.7. The summed E-state index contributed by atoms with van der Waals surface area (Å²) in [7, 11) is 1.69. The zero-order valence-electron chi connectivity index (χ0n) is 11.3. The second-order valence-electron chi connectivity index (χ2n) is 4.41. The summed E-state index contributed by atoms with van der Waals surface area (Å²) in [6, 6.07) is 8.19. The van der Waals surface area contributed by atoms with Crippen molar-refractivity contribution in [3.05, 3.63) is 45.4 Å². The van der Waals surface area contributed by atoms with Gasteiger partial charge in [-0.15, -0.1) is 11.3 Å². The molecule has 1 aromatic heterocycles. The van der Waals surface area contributed by atoms with Crippen LogP contribution < -0.4 is 4.74 Å². The molecule has 0 amide bonds. The Morgan fingerprint density at radius 1 is 1.26 bits per heavy atom. The van der Waals surface area contributed by atoms with Gasteiger partial charge < -0.3 is 4.74 Å².